The van der Waals surface area contributed by atoms with Crippen LogP contribution in [0.1, 0.15) is 18.9 Å². The van der Waals surface area contributed by atoms with Gasteiger partial charge in [-0.05, 0) is 30.2 Å². The van der Waals surface area contributed by atoms with Crippen molar-refractivity contribution in [3.8, 4) is 17.6 Å². The number of carbonyl (C=O) groups is 1. The van der Waals surface area contributed by atoms with Crippen LogP contribution in [0.15, 0.2) is 23.8 Å². The Hall–Kier alpha value is -2.48. The third-order valence-electron chi connectivity index (χ3n) is 2.31. The second kappa shape index (κ2) is 7.07. The molecule has 0 fully saturated rings. The molecular weight excluding hydrogens is 246 g/mol. The van der Waals surface area contributed by atoms with Crippen molar-refractivity contribution in [1.82, 2.24) is 0 Å². The number of nitrogens with zero attached hydrogens (tertiary/aromatic N) is 1. The van der Waals surface area contributed by atoms with Gasteiger partial charge in [0.25, 0.3) is 0 Å². The zero-order valence-electron chi connectivity index (χ0n) is 10.8. The van der Waals surface area contributed by atoms with Gasteiger partial charge in [-0.2, -0.15) is 5.26 Å². The van der Waals surface area contributed by atoms with Gasteiger partial charge in [0.15, 0.2) is 11.5 Å². The second-order valence-corrected chi connectivity index (χ2v) is 3.73. The van der Waals surface area contributed by atoms with Gasteiger partial charge in [-0.25, -0.2) is 4.79 Å². The zero-order chi connectivity index (χ0) is 14.3. The van der Waals surface area contributed by atoms with Crippen LogP contribution in [0.3, 0.4) is 0 Å². The second-order valence-electron chi connectivity index (χ2n) is 3.73. The Labute approximate surface area is 111 Å². The molecule has 0 aliphatic carbocycles. The van der Waals surface area contributed by atoms with E-state index in [0.717, 1.165) is 6.42 Å². The maximum atomic E-state index is 10.8. The molecule has 5 nitrogen and oxygen atoms in total. The quantitative estimate of drug-likeness (QED) is 0.628. The Morgan fingerprint density at radius 3 is 2.74 bits per heavy atom. The summed E-state index contributed by atoms with van der Waals surface area (Å²) >= 11 is 0. The van der Waals surface area contributed by atoms with Crippen molar-refractivity contribution in [2.24, 2.45) is 0 Å². The van der Waals surface area contributed by atoms with Crippen molar-refractivity contribution in [1.29, 1.82) is 5.26 Å². The summed E-state index contributed by atoms with van der Waals surface area (Å²) < 4.78 is 10.7. The molecular formula is C14H15NO4. The molecule has 0 radical (unpaired) electrons. The van der Waals surface area contributed by atoms with Crippen LogP contribution in [0.2, 0.25) is 0 Å². The fraction of sp³-hybridized carbons (Fsp3) is 0.286. The van der Waals surface area contributed by atoms with Crippen molar-refractivity contribution < 1.29 is 19.4 Å². The molecule has 1 N–H and O–H groups in total. The third kappa shape index (κ3) is 4.03. The summed E-state index contributed by atoms with van der Waals surface area (Å²) in [6.45, 7) is 2.52. The summed E-state index contributed by atoms with van der Waals surface area (Å²) in [5.74, 6) is -0.158. The minimum Gasteiger partial charge on any atom is -0.493 e. The van der Waals surface area contributed by atoms with Crippen LogP contribution in [-0.2, 0) is 4.79 Å². The minimum absolute atomic E-state index is 0.327. The number of ether oxygens (including phenoxy) is 2. The van der Waals surface area contributed by atoms with Crippen molar-refractivity contribution in [2.75, 3.05) is 13.7 Å². The number of hydrogen-bond acceptors (Lipinski definition) is 4. The highest BCUT2D eigenvalue weighted by Crippen LogP contribution is 2.29. The number of nitriles is 1. The van der Waals surface area contributed by atoms with Crippen molar-refractivity contribution in [2.45, 2.75) is 13.3 Å². The Kier molecular flexibility index (Phi) is 5.42. The molecule has 100 valence electrons. The Bertz CT molecular complexity index is 529. The van der Waals surface area contributed by atoms with Crippen molar-refractivity contribution in [3.63, 3.8) is 0 Å². The van der Waals surface area contributed by atoms with Gasteiger partial charge in [0.1, 0.15) is 11.6 Å². The molecule has 1 aromatic rings. The van der Waals surface area contributed by atoms with Gasteiger partial charge in [-0.15, -0.1) is 0 Å². The van der Waals surface area contributed by atoms with Crippen LogP contribution >= 0.6 is 0 Å². The van der Waals surface area contributed by atoms with E-state index in [1.54, 1.807) is 24.3 Å². The van der Waals surface area contributed by atoms with Gasteiger partial charge in [0, 0.05) is 0 Å². The molecule has 0 unspecified atom stereocenters. The topological polar surface area (TPSA) is 79.5 Å². The van der Waals surface area contributed by atoms with Crippen molar-refractivity contribution >= 4 is 12.0 Å². The molecule has 19 heavy (non-hydrogen) atoms. The first-order valence-electron chi connectivity index (χ1n) is 5.78. The molecule has 0 atom stereocenters. The lowest BCUT2D eigenvalue weighted by atomic mass is 10.1. The number of carboxylic acid groups (broad SMARTS) is 1. The Balaban J connectivity index is 3.11. The average molecular weight is 261 g/mol. The lowest BCUT2D eigenvalue weighted by Gasteiger charge is -2.10. The van der Waals surface area contributed by atoms with Crippen LogP contribution in [0, 0.1) is 11.3 Å². The van der Waals surface area contributed by atoms with E-state index in [1.165, 1.54) is 13.2 Å². The smallest absolute Gasteiger partial charge is 0.346 e. The molecule has 1 rings (SSSR count). The minimum atomic E-state index is -1.26. The number of benzene rings is 1. The molecule has 0 spiro atoms. The molecule has 5 heteroatoms. The number of rotatable bonds is 6. The highest BCUT2D eigenvalue weighted by Gasteiger charge is 2.08. The van der Waals surface area contributed by atoms with Crippen LogP contribution in [0.5, 0.6) is 11.5 Å². The van der Waals surface area contributed by atoms with Gasteiger partial charge in [0.05, 0.1) is 13.7 Å². The maximum absolute atomic E-state index is 10.8. The predicted molar refractivity (Wildman–Crippen MR) is 70.0 cm³/mol. The normalized spacial score (nSPS) is 10.7. The molecule has 0 saturated carbocycles. The molecule has 0 bridgehead atoms. The Morgan fingerprint density at radius 2 is 2.21 bits per heavy atom. The van der Waals surface area contributed by atoms with Crippen LogP contribution in [-0.4, -0.2) is 24.8 Å². The van der Waals surface area contributed by atoms with Crippen LogP contribution in [0.4, 0.5) is 0 Å². The average Bonchev–Trinajstić information content (AvgIpc) is 2.42. The first-order chi connectivity index (χ1) is 9.12. The fourth-order valence-electron chi connectivity index (χ4n) is 1.42. The zero-order valence-corrected chi connectivity index (χ0v) is 10.8. The van der Waals surface area contributed by atoms with E-state index in [2.05, 4.69) is 0 Å². The maximum Gasteiger partial charge on any atom is 0.346 e. The monoisotopic (exact) mass is 261 g/mol. The van der Waals surface area contributed by atoms with E-state index < -0.39 is 5.97 Å². The highest BCUT2D eigenvalue weighted by atomic mass is 16.5. The highest BCUT2D eigenvalue weighted by molar-refractivity contribution is 5.96. The van der Waals surface area contributed by atoms with E-state index in [9.17, 15) is 4.79 Å². The summed E-state index contributed by atoms with van der Waals surface area (Å²) in [5.41, 5.74) is 0.248. The van der Waals surface area contributed by atoms with Crippen LogP contribution in [0.25, 0.3) is 6.08 Å². The van der Waals surface area contributed by atoms with Gasteiger partial charge >= 0.3 is 5.97 Å². The predicted octanol–water partition coefficient (Wildman–Crippen LogP) is 2.48. The summed E-state index contributed by atoms with van der Waals surface area (Å²) in [4.78, 5) is 10.8. The van der Waals surface area contributed by atoms with E-state index in [4.69, 9.17) is 19.8 Å². The van der Waals surface area contributed by atoms with Gasteiger partial charge < -0.3 is 14.6 Å². The van der Waals surface area contributed by atoms with Gasteiger partial charge in [-0.1, -0.05) is 13.0 Å². The van der Waals surface area contributed by atoms with E-state index in [-0.39, 0.29) is 5.57 Å². The van der Waals surface area contributed by atoms with E-state index in [0.29, 0.717) is 23.7 Å². The largest absolute Gasteiger partial charge is 0.493 e. The number of hydrogen-bond donors (Lipinski definition) is 1. The third-order valence-corrected chi connectivity index (χ3v) is 2.31. The molecule has 0 aromatic heterocycles. The summed E-state index contributed by atoms with van der Waals surface area (Å²) in [6.07, 6.45) is 2.14. The van der Waals surface area contributed by atoms with E-state index in [1.807, 2.05) is 6.92 Å². The van der Waals surface area contributed by atoms with E-state index >= 15 is 0 Å². The van der Waals surface area contributed by atoms with Crippen LogP contribution < -0.4 is 9.47 Å². The number of aliphatic carboxylic acids is 1. The number of methoxy groups -OCH3 is 1. The fourth-order valence-corrected chi connectivity index (χ4v) is 1.42. The number of carboxylic acids is 1. The summed E-state index contributed by atoms with van der Waals surface area (Å²) in [6, 6.07) is 6.62. The molecule has 0 saturated heterocycles. The Morgan fingerprint density at radius 1 is 1.47 bits per heavy atom. The van der Waals surface area contributed by atoms with Gasteiger partial charge in [-0.3, -0.25) is 0 Å². The molecule has 0 heterocycles. The van der Waals surface area contributed by atoms with Gasteiger partial charge in [0.2, 0.25) is 0 Å². The van der Waals surface area contributed by atoms with Crippen molar-refractivity contribution in [3.05, 3.63) is 29.3 Å². The summed E-state index contributed by atoms with van der Waals surface area (Å²) in [7, 11) is 1.53. The molecule has 0 aliphatic rings. The lowest BCUT2D eigenvalue weighted by molar-refractivity contribution is -0.132. The molecule has 1 aromatic carbocycles. The summed E-state index contributed by atoms with van der Waals surface area (Å²) in [5, 5.41) is 17.5. The SMILES string of the molecule is CCCOc1cc(/C=C(\C#N)C(=O)O)ccc1OC. The lowest BCUT2D eigenvalue weighted by Crippen LogP contribution is -1.99. The first kappa shape index (κ1) is 14.6. The molecule has 0 aliphatic heterocycles. The standard InChI is InChI=1S/C14H15NO4/c1-3-6-19-13-8-10(4-5-12(13)18-2)7-11(9-15)14(16)17/h4-5,7-8H,3,6H2,1-2H3,(H,16,17)/b11-7+. The first-order valence-corrected chi connectivity index (χ1v) is 5.78. The molecule has 0 amide bonds.